The lowest BCUT2D eigenvalue weighted by Crippen LogP contribution is -2.23. The van der Waals surface area contributed by atoms with Crippen LogP contribution in [-0.4, -0.2) is 27.8 Å². The molecule has 1 fully saturated rings. The quantitative estimate of drug-likeness (QED) is 0.926. The SMILES string of the molecule is Cc1nn(C)c(CNCC2CCSC2)c1Br. The van der Waals surface area contributed by atoms with Crippen molar-refractivity contribution in [3.63, 3.8) is 0 Å². The molecule has 0 amide bonds. The number of nitrogens with one attached hydrogen (secondary N) is 1. The molecule has 0 saturated carbocycles. The highest BCUT2D eigenvalue weighted by atomic mass is 79.9. The number of hydrogen-bond acceptors (Lipinski definition) is 3. The first kappa shape index (κ1) is 12.5. The number of aromatic nitrogens is 2. The minimum atomic E-state index is 0.859. The van der Waals surface area contributed by atoms with Crippen LogP contribution in [0.25, 0.3) is 0 Å². The Bertz CT molecular complexity index is 358. The molecule has 1 atom stereocenters. The van der Waals surface area contributed by atoms with E-state index in [-0.39, 0.29) is 0 Å². The highest BCUT2D eigenvalue weighted by molar-refractivity contribution is 9.10. The van der Waals surface area contributed by atoms with Crippen molar-refractivity contribution in [1.29, 1.82) is 0 Å². The standard InChI is InChI=1S/C11H18BrN3S/c1-8-11(12)10(15(2)14-8)6-13-5-9-3-4-16-7-9/h9,13H,3-7H2,1-2H3. The van der Waals surface area contributed by atoms with Crippen LogP contribution in [-0.2, 0) is 13.6 Å². The van der Waals surface area contributed by atoms with Crippen LogP contribution >= 0.6 is 27.7 Å². The second-order valence-electron chi connectivity index (χ2n) is 4.33. The predicted molar refractivity (Wildman–Crippen MR) is 72.8 cm³/mol. The van der Waals surface area contributed by atoms with Gasteiger partial charge in [0, 0.05) is 13.6 Å². The Morgan fingerprint density at radius 3 is 3.00 bits per heavy atom. The van der Waals surface area contributed by atoms with Gasteiger partial charge in [-0.25, -0.2) is 0 Å². The monoisotopic (exact) mass is 303 g/mol. The maximum absolute atomic E-state index is 4.39. The third-order valence-electron chi connectivity index (χ3n) is 3.01. The Labute approximate surface area is 109 Å². The van der Waals surface area contributed by atoms with Gasteiger partial charge in [-0.1, -0.05) is 0 Å². The molecule has 2 heterocycles. The molecule has 1 aliphatic rings. The van der Waals surface area contributed by atoms with E-state index in [1.807, 2.05) is 18.7 Å². The Morgan fingerprint density at radius 2 is 2.44 bits per heavy atom. The number of hydrogen-bond donors (Lipinski definition) is 1. The first-order valence-electron chi connectivity index (χ1n) is 5.65. The molecule has 0 radical (unpaired) electrons. The van der Waals surface area contributed by atoms with E-state index in [0.29, 0.717) is 0 Å². The number of rotatable bonds is 4. The van der Waals surface area contributed by atoms with E-state index < -0.39 is 0 Å². The van der Waals surface area contributed by atoms with Gasteiger partial charge in [-0.05, 0) is 53.2 Å². The Hall–Kier alpha value is -0.000000000000000111. The van der Waals surface area contributed by atoms with E-state index >= 15 is 0 Å². The lowest BCUT2D eigenvalue weighted by Gasteiger charge is -2.10. The summed E-state index contributed by atoms with van der Waals surface area (Å²) in [5.41, 5.74) is 2.30. The van der Waals surface area contributed by atoms with E-state index in [9.17, 15) is 0 Å². The first-order chi connectivity index (χ1) is 7.68. The molecule has 1 N–H and O–H groups in total. The lowest BCUT2D eigenvalue weighted by atomic mass is 10.1. The molecule has 3 nitrogen and oxygen atoms in total. The fraction of sp³-hybridized carbons (Fsp3) is 0.727. The van der Waals surface area contributed by atoms with E-state index in [0.717, 1.165) is 29.2 Å². The number of aryl methyl sites for hydroxylation is 2. The van der Waals surface area contributed by atoms with Crippen LogP contribution in [0.2, 0.25) is 0 Å². The van der Waals surface area contributed by atoms with Crippen molar-refractivity contribution in [3.05, 3.63) is 15.9 Å². The maximum Gasteiger partial charge on any atom is 0.0739 e. The Balaban J connectivity index is 1.84. The van der Waals surface area contributed by atoms with Gasteiger partial charge in [0.25, 0.3) is 0 Å². The third kappa shape index (κ3) is 2.81. The summed E-state index contributed by atoms with van der Waals surface area (Å²) in [5, 5.41) is 7.92. The minimum Gasteiger partial charge on any atom is -0.311 e. The fourth-order valence-electron chi connectivity index (χ4n) is 2.01. The summed E-state index contributed by atoms with van der Waals surface area (Å²) >= 11 is 5.66. The first-order valence-corrected chi connectivity index (χ1v) is 7.59. The number of halogens is 1. The molecule has 1 aliphatic heterocycles. The normalized spacial score (nSPS) is 20.6. The molecular formula is C11H18BrN3S. The molecule has 0 aliphatic carbocycles. The van der Waals surface area contributed by atoms with Crippen LogP contribution in [0.1, 0.15) is 17.8 Å². The van der Waals surface area contributed by atoms with Crippen LogP contribution in [0.5, 0.6) is 0 Å². The molecule has 1 saturated heterocycles. The van der Waals surface area contributed by atoms with Crippen molar-refractivity contribution in [2.24, 2.45) is 13.0 Å². The van der Waals surface area contributed by atoms with E-state index in [2.05, 4.69) is 38.1 Å². The molecule has 1 aromatic rings. The van der Waals surface area contributed by atoms with Gasteiger partial charge < -0.3 is 5.32 Å². The van der Waals surface area contributed by atoms with Crippen molar-refractivity contribution in [1.82, 2.24) is 15.1 Å². The van der Waals surface area contributed by atoms with E-state index in [4.69, 9.17) is 0 Å². The van der Waals surface area contributed by atoms with Crippen LogP contribution < -0.4 is 5.32 Å². The predicted octanol–water partition coefficient (Wildman–Crippen LogP) is 2.33. The molecule has 90 valence electrons. The molecule has 2 rings (SSSR count). The minimum absolute atomic E-state index is 0.859. The summed E-state index contributed by atoms with van der Waals surface area (Å²) in [6.45, 7) is 4.06. The average molecular weight is 304 g/mol. The summed E-state index contributed by atoms with van der Waals surface area (Å²) in [6, 6.07) is 0. The highest BCUT2D eigenvalue weighted by Crippen LogP contribution is 2.23. The molecule has 16 heavy (non-hydrogen) atoms. The smallest absolute Gasteiger partial charge is 0.0739 e. The van der Waals surface area contributed by atoms with Gasteiger partial charge in [0.05, 0.1) is 15.9 Å². The average Bonchev–Trinajstić information content (AvgIpc) is 2.82. The summed E-state index contributed by atoms with van der Waals surface area (Å²) in [6.07, 6.45) is 1.36. The van der Waals surface area contributed by atoms with Crippen LogP contribution in [0.3, 0.4) is 0 Å². The van der Waals surface area contributed by atoms with Crippen molar-refractivity contribution >= 4 is 27.7 Å². The molecule has 0 spiro atoms. The third-order valence-corrected chi connectivity index (χ3v) is 5.27. The van der Waals surface area contributed by atoms with Gasteiger partial charge >= 0.3 is 0 Å². The topological polar surface area (TPSA) is 29.9 Å². The van der Waals surface area contributed by atoms with Gasteiger partial charge in [0.2, 0.25) is 0 Å². The molecule has 5 heteroatoms. The largest absolute Gasteiger partial charge is 0.311 e. The number of thioether (sulfide) groups is 1. The van der Waals surface area contributed by atoms with E-state index in [1.54, 1.807) is 0 Å². The van der Waals surface area contributed by atoms with Crippen LogP contribution in [0.15, 0.2) is 4.47 Å². The van der Waals surface area contributed by atoms with Crippen LogP contribution in [0.4, 0.5) is 0 Å². The van der Waals surface area contributed by atoms with Crippen molar-refractivity contribution < 1.29 is 0 Å². The molecule has 0 aromatic carbocycles. The van der Waals surface area contributed by atoms with Crippen LogP contribution in [0, 0.1) is 12.8 Å². The lowest BCUT2D eigenvalue weighted by molar-refractivity contribution is 0.511. The van der Waals surface area contributed by atoms with Gasteiger partial charge in [-0.15, -0.1) is 0 Å². The second-order valence-corrected chi connectivity index (χ2v) is 6.27. The summed E-state index contributed by atoms with van der Waals surface area (Å²) in [4.78, 5) is 0. The maximum atomic E-state index is 4.39. The Kier molecular flexibility index (Phi) is 4.33. The zero-order valence-corrected chi connectivity index (χ0v) is 12.2. The fourth-order valence-corrected chi connectivity index (χ4v) is 3.77. The molecule has 0 bridgehead atoms. The zero-order chi connectivity index (χ0) is 11.5. The molecule has 1 aromatic heterocycles. The van der Waals surface area contributed by atoms with Crippen molar-refractivity contribution in [2.45, 2.75) is 19.9 Å². The van der Waals surface area contributed by atoms with Gasteiger partial charge in [-0.3, -0.25) is 4.68 Å². The van der Waals surface area contributed by atoms with Gasteiger partial charge in [0.1, 0.15) is 0 Å². The number of nitrogens with zero attached hydrogens (tertiary/aromatic N) is 2. The summed E-state index contributed by atoms with van der Waals surface area (Å²) in [7, 11) is 2.00. The molecular weight excluding hydrogens is 286 g/mol. The summed E-state index contributed by atoms with van der Waals surface area (Å²) in [5.74, 6) is 3.51. The van der Waals surface area contributed by atoms with Gasteiger partial charge in [-0.2, -0.15) is 16.9 Å². The second kappa shape index (κ2) is 5.56. The zero-order valence-electron chi connectivity index (χ0n) is 9.79. The Morgan fingerprint density at radius 1 is 1.62 bits per heavy atom. The van der Waals surface area contributed by atoms with Crippen molar-refractivity contribution in [3.8, 4) is 0 Å². The van der Waals surface area contributed by atoms with Crippen molar-refractivity contribution in [2.75, 3.05) is 18.1 Å². The van der Waals surface area contributed by atoms with Gasteiger partial charge in [0.15, 0.2) is 0 Å². The summed E-state index contributed by atoms with van der Waals surface area (Å²) < 4.78 is 3.10. The van der Waals surface area contributed by atoms with E-state index in [1.165, 1.54) is 23.6 Å². The highest BCUT2D eigenvalue weighted by Gasteiger charge is 2.15. The molecule has 1 unspecified atom stereocenters.